The number of carbonyl (C=O) groups is 1. The van der Waals surface area contributed by atoms with Crippen molar-refractivity contribution >= 4 is 28.5 Å². The van der Waals surface area contributed by atoms with Gasteiger partial charge in [0, 0.05) is 10.1 Å². The van der Waals surface area contributed by atoms with Gasteiger partial charge in [0.15, 0.2) is 0 Å². The first-order chi connectivity index (χ1) is 8.45. The minimum atomic E-state index is -0.313. The molecule has 0 aromatic heterocycles. The van der Waals surface area contributed by atoms with Gasteiger partial charge in [-0.1, -0.05) is 13.8 Å². The molecule has 0 atom stereocenters. The first-order valence-corrected chi connectivity index (χ1v) is 6.88. The monoisotopic (exact) mass is 363 g/mol. The van der Waals surface area contributed by atoms with Crippen LogP contribution in [0.2, 0.25) is 0 Å². The average Bonchev–Trinajstić information content (AvgIpc) is 2.29. The molecule has 0 aliphatic carbocycles. The molecule has 1 N–H and O–H groups in total. The van der Waals surface area contributed by atoms with Crippen LogP contribution in [-0.2, 0) is 4.84 Å². The van der Waals surface area contributed by atoms with Crippen molar-refractivity contribution < 1.29 is 14.7 Å². The van der Waals surface area contributed by atoms with Gasteiger partial charge in [0.1, 0.15) is 5.75 Å². The molecule has 0 radical (unpaired) electrons. The summed E-state index contributed by atoms with van der Waals surface area (Å²) in [7, 11) is 1.46. The van der Waals surface area contributed by atoms with E-state index in [2.05, 4.69) is 36.4 Å². The first-order valence-electron chi connectivity index (χ1n) is 5.80. The molecule has 0 saturated heterocycles. The van der Waals surface area contributed by atoms with Crippen LogP contribution >= 0.6 is 22.6 Å². The number of rotatable bonds is 5. The normalized spacial score (nSPS) is 10.7. The fraction of sp³-hybridized carbons (Fsp3) is 0.462. The summed E-state index contributed by atoms with van der Waals surface area (Å²) in [6, 6.07) is 4.95. The van der Waals surface area contributed by atoms with Gasteiger partial charge < -0.3 is 5.11 Å². The molecule has 1 rings (SSSR count). The van der Waals surface area contributed by atoms with E-state index in [9.17, 15) is 9.90 Å². The van der Waals surface area contributed by atoms with Crippen molar-refractivity contribution in [2.75, 3.05) is 13.7 Å². The summed E-state index contributed by atoms with van der Waals surface area (Å²) in [4.78, 5) is 17.2. The molecule has 0 saturated carbocycles. The Balaban J connectivity index is 2.83. The molecule has 4 nitrogen and oxygen atoms in total. The van der Waals surface area contributed by atoms with Gasteiger partial charge in [-0.25, -0.2) is 5.06 Å². The Morgan fingerprint density at radius 2 is 2.17 bits per heavy atom. The Morgan fingerprint density at radius 1 is 1.50 bits per heavy atom. The van der Waals surface area contributed by atoms with Gasteiger partial charge >= 0.3 is 0 Å². The number of benzene rings is 1. The Hall–Kier alpha value is -0.820. The van der Waals surface area contributed by atoms with E-state index in [1.54, 1.807) is 18.2 Å². The van der Waals surface area contributed by atoms with Crippen LogP contribution in [-0.4, -0.2) is 29.7 Å². The van der Waals surface area contributed by atoms with E-state index in [0.717, 1.165) is 9.99 Å². The maximum absolute atomic E-state index is 12.2. The minimum Gasteiger partial charge on any atom is -0.507 e. The second-order valence-electron chi connectivity index (χ2n) is 4.43. The quantitative estimate of drug-likeness (QED) is 0.646. The molecular weight excluding hydrogens is 345 g/mol. The molecule has 18 heavy (non-hydrogen) atoms. The minimum absolute atomic E-state index is 0.0153. The lowest BCUT2D eigenvalue weighted by Gasteiger charge is -2.21. The van der Waals surface area contributed by atoms with Crippen molar-refractivity contribution in [3.8, 4) is 5.75 Å². The van der Waals surface area contributed by atoms with Crippen LogP contribution in [0, 0.1) is 9.49 Å². The van der Waals surface area contributed by atoms with Gasteiger partial charge in [-0.05, 0) is 53.1 Å². The van der Waals surface area contributed by atoms with Crippen molar-refractivity contribution in [1.29, 1.82) is 0 Å². The van der Waals surface area contributed by atoms with Gasteiger partial charge in [0.25, 0.3) is 5.91 Å². The van der Waals surface area contributed by atoms with Crippen LogP contribution in [0.1, 0.15) is 30.6 Å². The SMILES string of the molecule is CON(CCC(C)C)C(=O)c1ccc(I)cc1O. The molecule has 5 heteroatoms. The highest BCUT2D eigenvalue weighted by Crippen LogP contribution is 2.22. The lowest BCUT2D eigenvalue weighted by Crippen LogP contribution is -2.31. The van der Waals surface area contributed by atoms with Gasteiger partial charge in [0.2, 0.25) is 0 Å². The summed E-state index contributed by atoms with van der Waals surface area (Å²) >= 11 is 2.08. The van der Waals surface area contributed by atoms with E-state index in [4.69, 9.17) is 4.84 Å². The van der Waals surface area contributed by atoms with Gasteiger partial charge in [-0.15, -0.1) is 0 Å². The third-order valence-corrected chi connectivity index (χ3v) is 3.22. The van der Waals surface area contributed by atoms with Crippen LogP contribution < -0.4 is 0 Å². The Kier molecular flexibility index (Phi) is 5.87. The summed E-state index contributed by atoms with van der Waals surface area (Å²) in [6.07, 6.45) is 0.852. The molecule has 0 fully saturated rings. The number of phenolic OH excluding ortho intramolecular Hbond substituents is 1. The number of carbonyl (C=O) groups excluding carboxylic acids is 1. The number of halogens is 1. The van der Waals surface area contributed by atoms with Gasteiger partial charge in [-0.2, -0.15) is 0 Å². The number of nitrogens with zero attached hydrogens (tertiary/aromatic N) is 1. The molecule has 1 amide bonds. The van der Waals surface area contributed by atoms with E-state index < -0.39 is 0 Å². The van der Waals surface area contributed by atoms with E-state index in [1.165, 1.54) is 12.2 Å². The van der Waals surface area contributed by atoms with Crippen LogP contribution in [0.15, 0.2) is 18.2 Å². The third-order valence-electron chi connectivity index (χ3n) is 2.55. The largest absolute Gasteiger partial charge is 0.507 e. The number of aromatic hydroxyl groups is 1. The summed E-state index contributed by atoms with van der Waals surface area (Å²) in [5.74, 6) is 0.159. The Bertz CT molecular complexity index is 421. The third kappa shape index (κ3) is 4.13. The molecule has 0 aliphatic rings. The maximum Gasteiger partial charge on any atom is 0.281 e. The van der Waals surface area contributed by atoms with Crippen molar-refractivity contribution in [3.05, 3.63) is 27.3 Å². The molecule has 0 spiro atoms. The van der Waals surface area contributed by atoms with E-state index in [-0.39, 0.29) is 17.2 Å². The lowest BCUT2D eigenvalue weighted by molar-refractivity contribution is -0.0969. The zero-order valence-corrected chi connectivity index (χ0v) is 13.0. The second kappa shape index (κ2) is 6.94. The zero-order valence-electron chi connectivity index (χ0n) is 10.8. The van der Waals surface area contributed by atoms with Crippen LogP contribution in [0.3, 0.4) is 0 Å². The number of hydroxylamine groups is 2. The number of hydrogen-bond acceptors (Lipinski definition) is 3. The maximum atomic E-state index is 12.2. The molecule has 0 bridgehead atoms. The number of phenols is 1. The molecule has 1 aromatic rings. The number of amides is 1. The van der Waals surface area contributed by atoms with Crippen molar-refractivity contribution in [1.82, 2.24) is 5.06 Å². The highest BCUT2D eigenvalue weighted by molar-refractivity contribution is 14.1. The molecule has 100 valence electrons. The Labute approximate surface area is 121 Å². The van der Waals surface area contributed by atoms with Crippen LogP contribution in [0.5, 0.6) is 5.75 Å². The van der Waals surface area contributed by atoms with Gasteiger partial charge in [0.05, 0.1) is 12.7 Å². The topological polar surface area (TPSA) is 49.8 Å². The molecular formula is C13H18INO3. The fourth-order valence-electron chi connectivity index (χ4n) is 1.47. The molecule has 0 unspecified atom stereocenters. The smallest absolute Gasteiger partial charge is 0.281 e. The van der Waals surface area contributed by atoms with Crippen LogP contribution in [0.25, 0.3) is 0 Å². The highest BCUT2D eigenvalue weighted by Gasteiger charge is 2.19. The molecule has 0 heterocycles. The Morgan fingerprint density at radius 3 is 2.67 bits per heavy atom. The lowest BCUT2D eigenvalue weighted by atomic mass is 10.1. The fourth-order valence-corrected chi connectivity index (χ4v) is 1.95. The summed E-state index contributed by atoms with van der Waals surface area (Å²) in [5.41, 5.74) is 0.265. The van der Waals surface area contributed by atoms with E-state index >= 15 is 0 Å². The molecule has 1 aromatic carbocycles. The van der Waals surface area contributed by atoms with Crippen LogP contribution in [0.4, 0.5) is 0 Å². The van der Waals surface area contributed by atoms with Crippen molar-refractivity contribution in [2.24, 2.45) is 5.92 Å². The van der Waals surface area contributed by atoms with Crippen molar-refractivity contribution in [2.45, 2.75) is 20.3 Å². The zero-order chi connectivity index (χ0) is 13.7. The first kappa shape index (κ1) is 15.2. The molecule has 0 aliphatic heterocycles. The number of hydrogen-bond donors (Lipinski definition) is 1. The van der Waals surface area contributed by atoms with Crippen molar-refractivity contribution in [3.63, 3.8) is 0 Å². The second-order valence-corrected chi connectivity index (χ2v) is 5.68. The average molecular weight is 363 g/mol. The van der Waals surface area contributed by atoms with E-state index in [1.807, 2.05) is 0 Å². The highest BCUT2D eigenvalue weighted by atomic mass is 127. The predicted molar refractivity (Wildman–Crippen MR) is 78.3 cm³/mol. The summed E-state index contributed by atoms with van der Waals surface area (Å²) in [6.45, 7) is 4.68. The van der Waals surface area contributed by atoms with Gasteiger partial charge in [-0.3, -0.25) is 9.63 Å². The predicted octanol–water partition coefficient (Wildman–Crippen LogP) is 3.05. The summed E-state index contributed by atoms with van der Waals surface area (Å²) < 4.78 is 0.882. The van der Waals surface area contributed by atoms with E-state index in [0.29, 0.717) is 12.5 Å². The summed E-state index contributed by atoms with van der Waals surface area (Å²) in [5, 5.41) is 11.1. The standard InChI is InChI=1S/C13H18INO3/c1-9(2)6-7-15(18-3)13(17)11-5-4-10(14)8-12(11)16/h4-5,8-9,16H,6-7H2,1-3H3.